The molecule has 2 aromatic rings. The Morgan fingerprint density at radius 3 is 2.33 bits per heavy atom. The quantitative estimate of drug-likeness (QED) is 0.691. The minimum atomic E-state index is 0.0273. The monoisotopic (exact) mass is 199 g/mol. The SMILES string of the molecule is Cc1ccc(=O)n(C)c1-c1ccccc1. The van der Waals surface area contributed by atoms with Crippen molar-refractivity contribution in [3.63, 3.8) is 0 Å². The van der Waals surface area contributed by atoms with E-state index in [1.54, 1.807) is 17.7 Å². The van der Waals surface area contributed by atoms with E-state index in [1.165, 1.54) is 0 Å². The van der Waals surface area contributed by atoms with Crippen LogP contribution in [-0.4, -0.2) is 4.57 Å². The summed E-state index contributed by atoms with van der Waals surface area (Å²) in [6, 6.07) is 13.4. The average molecular weight is 199 g/mol. The number of pyridine rings is 1. The zero-order valence-corrected chi connectivity index (χ0v) is 8.90. The van der Waals surface area contributed by atoms with Crippen molar-refractivity contribution in [1.29, 1.82) is 0 Å². The fourth-order valence-corrected chi connectivity index (χ4v) is 1.78. The highest BCUT2D eigenvalue weighted by atomic mass is 16.1. The fourth-order valence-electron chi connectivity index (χ4n) is 1.78. The van der Waals surface area contributed by atoms with Crippen LogP contribution in [0.25, 0.3) is 11.3 Å². The molecule has 0 spiro atoms. The largest absolute Gasteiger partial charge is 0.311 e. The maximum absolute atomic E-state index is 11.5. The van der Waals surface area contributed by atoms with Gasteiger partial charge in [0.1, 0.15) is 0 Å². The van der Waals surface area contributed by atoms with Crippen LogP contribution < -0.4 is 5.56 Å². The van der Waals surface area contributed by atoms with Crippen LogP contribution in [0.1, 0.15) is 5.56 Å². The van der Waals surface area contributed by atoms with Crippen molar-refractivity contribution in [2.75, 3.05) is 0 Å². The van der Waals surface area contributed by atoms with E-state index in [2.05, 4.69) is 0 Å². The number of nitrogens with zero attached hydrogens (tertiary/aromatic N) is 1. The predicted molar refractivity (Wildman–Crippen MR) is 61.9 cm³/mol. The van der Waals surface area contributed by atoms with Crippen LogP contribution in [0.5, 0.6) is 0 Å². The van der Waals surface area contributed by atoms with Crippen molar-refractivity contribution < 1.29 is 0 Å². The maximum Gasteiger partial charge on any atom is 0.250 e. The van der Waals surface area contributed by atoms with Gasteiger partial charge >= 0.3 is 0 Å². The van der Waals surface area contributed by atoms with Crippen LogP contribution in [-0.2, 0) is 7.05 Å². The normalized spacial score (nSPS) is 10.3. The van der Waals surface area contributed by atoms with E-state index < -0.39 is 0 Å². The van der Waals surface area contributed by atoms with E-state index in [1.807, 2.05) is 43.3 Å². The Hall–Kier alpha value is -1.83. The molecule has 1 aromatic heterocycles. The van der Waals surface area contributed by atoms with Crippen molar-refractivity contribution >= 4 is 0 Å². The second-order valence-electron chi connectivity index (χ2n) is 3.63. The first kappa shape index (κ1) is 9.71. The van der Waals surface area contributed by atoms with Crippen LogP contribution >= 0.6 is 0 Å². The summed E-state index contributed by atoms with van der Waals surface area (Å²) in [4.78, 5) is 11.5. The summed E-state index contributed by atoms with van der Waals surface area (Å²) in [5.74, 6) is 0. The van der Waals surface area contributed by atoms with E-state index >= 15 is 0 Å². The third-order valence-corrected chi connectivity index (χ3v) is 2.56. The van der Waals surface area contributed by atoms with Gasteiger partial charge in [0.25, 0.3) is 5.56 Å². The minimum absolute atomic E-state index is 0.0273. The fraction of sp³-hybridized carbons (Fsp3) is 0.154. The summed E-state index contributed by atoms with van der Waals surface area (Å²) < 4.78 is 1.69. The summed E-state index contributed by atoms with van der Waals surface area (Å²) >= 11 is 0. The number of rotatable bonds is 1. The third-order valence-electron chi connectivity index (χ3n) is 2.56. The number of aryl methyl sites for hydroxylation is 1. The molecular formula is C13H13NO. The molecule has 76 valence electrons. The minimum Gasteiger partial charge on any atom is -0.311 e. The maximum atomic E-state index is 11.5. The van der Waals surface area contributed by atoms with Gasteiger partial charge in [0, 0.05) is 13.1 Å². The van der Waals surface area contributed by atoms with Gasteiger partial charge in [-0.3, -0.25) is 4.79 Å². The lowest BCUT2D eigenvalue weighted by molar-refractivity contribution is 0.863. The molecule has 1 heterocycles. The van der Waals surface area contributed by atoms with Crippen LogP contribution in [0.4, 0.5) is 0 Å². The second kappa shape index (κ2) is 3.73. The van der Waals surface area contributed by atoms with E-state index in [4.69, 9.17) is 0 Å². The molecule has 2 rings (SSSR count). The Kier molecular flexibility index (Phi) is 2.42. The van der Waals surface area contributed by atoms with Crippen LogP contribution in [0, 0.1) is 6.92 Å². The number of aromatic nitrogens is 1. The van der Waals surface area contributed by atoms with Crippen LogP contribution in [0.2, 0.25) is 0 Å². The highest BCUT2D eigenvalue weighted by molar-refractivity contribution is 5.63. The van der Waals surface area contributed by atoms with E-state index in [0.717, 1.165) is 16.8 Å². The van der Waals surface area contributed by atoms with Crippen molar-refractivity contribution in [3.05, 3.63) is 58.4 Å². The summed E-state index contributed by atoms with van der Waals surface area (Å²) in [6.07, 6.45) is 0. The topological polar surface area (TPSA) is 22.0 Å². The van der Waals surface area contributed by atoms with Gasteiger partial charge in [-0.05, 0) is 18.1 Å². The Bertz CT molecular complexity index is 526. The first-order valence-corrected chi connectivity index (χ1v) is 4.92. The van der Waals surface area contributed by atoms with E-state index in [0.29, 0.717) is 0 Å². The zero-order valence-electron chi connectivity index (χ0n) is 8.90. The van der Waals surface area contributed by atoms with Gasteiger partial charge in [0.05, 0.1) is 5.69 Å². The first-order chi connectivity index (χ1) is 7.20. The molecule has 1 aromatic carbocycles. The van der Waals surface area contributed by atoms with Crippen molar-refractivity contribution in [3.8, 4) is 11.3 Å². The molecule has 0 saturated carbocycles. The molecule has 0 aliphatic carbocycles. The lowest BCUT2D eigenvalue weighted by Gasteiger charge is -2.10. The van der Waals surface area contributed by atoms with Crippen molar-refractivity contribution in [1.82, 2.24) is 4.57 Å². The van der Waals surface area contributed by atoms with E-state index in [-0.39, 0.29) is 5.56 Å². The molecule has 0 aliphatic heterocycles. The molecule has 0 fully saturated rings. The highest BCUT2D eigenvalue weighted by Gasteiger charge is 2.05. The summed E-state index contributed by atoms with van der Waals surface area (Å²) in [7, 11) is 1.80. The Balaban J connectivity index is 2.73. The molecule has 2 heteroatoms. The molecule has 0 N–H and O–H groups in total. The second-order valence-corrected chi connectivity index (χ2v) is 3.63. The van der Waals surface area contributed by atoms with Crippen molar-refractivity contribution in [2.24, 2.45) is 7.05 Å². The standard InChI is InChI=1S/C13H13NO/c1-10-8-9-12(15)14(2)13(10)11-6-4-3-5-7-11/h3-9H,1-2H3. The number of hydrogen-bond acceptors (Lipinski definition) is 1. The van der Waals surface area contributed by atoms with Crippen molar-refractivity contribution in [2.45, 2.75) is 6.92 Å². The number of benzene rings is 1. The van der Waals surface area contributed by atoms with Gasteiger partial charge in [-0.1, -0.05) is 36.4 Å². The molecule has 0 aliphatic rings. The average Bonchev–Trinajstić information content (AvgIpc) is 2.26. The van der Waals surface area contributed by atoms with Gasteiger partial charge < -0.3 is 4.57 Å². The Labute approximate surface area is 88.8 Å². The molecule has 15 heavy (non-hydrogen) atoms. The first-order valence-electron chi connectivity index (χ1n) is 4.92. The van der Waals surface area contributed by atoms with Crippen LogP contribution in [0.15, 0.2) is 47.3 Å². The number of hydrogen-bond donors (Lipinski definition) is 0. The van der Waals surface area contributed by atoms with E-state index in [9.17, 15) is 4.79 Å². The molecule has 0 atom stereocenters. The molecule has 0 amide bonds. The van der Waals surface area contributed by atoms with Gasteiger partial charge in [0.2, 0.25) is 0 Å². The third kappa shape index (κ3) is 1.71. The molecule has 0 saturated heterocycles. The smallest absolute Gasteiger partial charge is 0.250 e. The molecule has 2 nitrogen and oxygen atoms in total. The summed E-state index contributed by atoms with van der Waals surface area (Å²) in [5, 5.41) is 0. The van der Waals surface area contributed by atoms with Crippen LogP contribution in [0.3, 0.4) is 0 Å². The molecule has 0 bridgehead atoms. The van der Waals surface area contributed by atoms with Gasteiger partial charge in [-0.25, -0.2) is 0 Å². The predicted octanol–water partition coefficient (Wildman–Crippen LogP) is 2.36. The van der Waals surface area contributed by atoms with Gasteiger partial charge in [-0.15, -0.1) is 0 Å². The zero-order chi connectivity index (χ0) is 10.8. The highest BCUT2D eigenvalue weighted by Crippen LogP contribution is 2.20. The molecule has 0 radical (unpaired) electrons. The lowest BCUT2D eigenvalue weighted by Crippen LogP contribution is -2.17. The molecular weight excluding hydrogens is 186 g/mol. The Morgan fingerprint density at radius 2 is 1.67 bits per heavy atom. The summed E-state index contributed by atoms with van der Waals surface area (Å²) in [6.45, 7) is 2.02. The molecule has 0 unspecified atom stereocenters. The lowest BCUT2D eigenvalue weighted by atomic mass is 10.1. The summed E-state index contributed by atoms with van der Waals surface area (Å²) in [5.41, 5.74) is 3.21. The van der Waals surface area contributed by atoms with Gasteiger partial charge in [0.15, 0.2) is 0 Å². The Morgan fingerprint density at radius 1 is 1.00 bits per heavy atom. The van der Waals surface area contributed by atoms with Gasteiger partial charge in [-0.2, -0.15) is 0 Å².